The van der Waals surface area contributed by atoms with Gasteiger partial charge in [-0.05, 0) is 25.3 Å². The summed E-state index contributed by atoms with van der Waals surface area (Å²) in [5.74, 6) is 1.93. The lowest BCUT2D eigenvalue weighted by Crippen LogP contribution is -2.41. The van der Waals surface area contributed by atoms with E-state index in [1.807, 2.05) is 6.20 Å². The zero-order chi connectivity index (χ0) is 10.8. The molecule has 0 saturated carbocycles. The average Bonchev–Trinajstić information content (AvgIpc) is 2.29. The van der Waals surface area contributed by atoms with Crippen LogP contribution in [0.1, 0.15) is 30.7 Å². The molecule has 2 aliphatic rings. The minimum atomic E-state index is 0.686. The summed E-state index contributed by atoms with van der Waals surface area (Å²) in [5, 5.41) is 3.34. The molecule has 16 heavy (non-hydrogen) atoms. The van der Waals surface area contributed by atoms with Gasteiger partial charge in [-0.25, -0.2) is 4.98 Å². The molecule has 0 aromatic carbocycles. The Bertz CT molecular complexity index is 354. The minimum absolute atomic E-state index is 0.686. The largest absolute Gasteiger partial charge is 0.356 e. The van der Waals surface area contributed by atoms with Gasteiger partial charge in [0.1, 0.15) is 5.82 Å². The highest BCUT2D eigenvalue weighted by Gasteiger charge is 2.24. The van der Waals surface area contributed by atoms with E-state index in [0.29, 0.717) is 5.92 Å². The summed E-state index contributed by atoms with van der Waals surface area (Å²) in [6, 6.07) is 4.32. The molecule has 2 saturated heterocycles. The fraction of sp³-hybridized carbons (Fsp3) is 0.615. The summed E-state index contributed by atoms with van der Waals surface area (Å²) in [4.78, 5) is 7.07. The topological polar surface area (TPSA) is 28.2 Å². The van der Waals surface area contributed by atoms with Crippen LogP contribution in [0.5, 0.6) is 0 Å². The molecule has 0 aliphatic carbocycles. The fourth-order valence-electron chi connectivity index (χ4n) is 2.61. The van der Waals surface area contributed by atoms with Gasteiger partial charge in [-0.3, -0.25) is 0 Å². The van der Waals surface area contributed by atoms with Crippen molar-refractivity contribution in [1.82, 2.24) is 10.3 Å². The highest BCUT2D eigenvalue weighted by molar-refractivity contribution is 5.49. The number of nitrogens with one attached hydrogen (secondary N) is 1. The molecule has 86 valence electrons. The van der Waals surface area contributed by atoms with Crippen molar-refractivity contribution in [3.63, 3.8) is 0 Å². The molecular weight excluding hydrogens is 198 g/mol. The maximum absolute atomic E-state index is 4.60. The first-order valence-electron chi connectivity index (χ1n) is 6.36. The van der Waals surface area contributed by atoms with Crippen molar-refractivity contribution in [3.05, 3.63) is 23.9 Å². The standard InChI is InChI=1S/C13H19N3/c1-2-7-16(8-3-1)13-12(5-4-6-15-13)11-9-14-10-11/h4-6,11,14H,1-3,7-10H2. The second kappa shape index (κ2) is 4.42. The zero-order valence-electron chi connectivity index (χ0n) is 9.65. The molecule has 3 heterocycles. The smallest absolute Gasteiger partial charge is 0.132 e. The summed E-state index contributed by atoms with van der Waals surface area (Å²) < 4.78 is 0. The van der Waals surface area contributed by atoms with Crippen molar-refractivity contribution < 1.29 is 0 Å². The Labute approximate surface area is 96.9 Å². The number of piperidine rings is 1. The Kier molecular flexibility index (Phi) is 2.79. The third kappa shape index (κ3) is 1.80. The molecule has 1 aromatic heterocycles. The van der Waals surface area contributed by atoms with Gasteiger partial charge >= 0.3 is 0 Å². The molecule has 2 fully saturated rings. The van der Waals surface area contributed by atoms with Gasteiger partial charge in [0.05, 0.1) is 0 Å². The van der Waals surface area contributed by atoms with Gasteiger partial charge < -0.3 is 10.2 Å². The second-order valence-electron chi connectivity index (χ2n) is 4.82. The second-order valence-corrected chi connectivity index (χ2v) is 4.82. The maximum atomic E-state index is 4.60. The van der Waals surface area contributed by atoms with Crippen LogP contribution < -0.4 is 10.2 Å². The van der Waals surface area contributed by atoms with E-state index in [9.17, 15) is 0 Å². The highest BCUT2D eigenvalue weighted by Crippen LogP contribution is 2.29. The molecule has 0 amide bonds. The summed E-state index contributed by atoms with van der Waals surface area (Å²) in [7, 11) is 0. The molecule has 0 bridgehead atoms. The van der Waals surface area contributed by atoms with Gasteiger partial charge in [-0.2, -0.15) is 0 Å². The summed E-state index contributed by atoms with van der Waals surface area (Å²) >= 11 is 0. The number of hydrogen-bond donors (Lipinski definition) is 1. The lowest BCUT2D eigenvalue weighted by molar-refractivity contribution is 0.445. The first kappa shape index (κ1) is 10.1. The molecule has 0 spiro atoms. The molecule has 0 unspecified atom stereocenters. The van der Waals surface area contributed by atoms with Crippen LogP contribution in [0.2, 0.25) is 0 Å². The van der Waals surface area contributed by atoms with E-state index >= 15 is 0 Å². The van der Waals surface area contributed by atoms with E-state index in [2.05, 4.69) is 27.3 Å². The molecular formula is C13H19N3. The van der Waals surface area contributed by atoms with E-state index < -0.39 is 0 Å². The highest BCUT2D eigenvalue weighted by atomic mass is 15.2. The van der Waals surface area contributed by atoms with Crippen molar-refractivity contribution in [3.8, 4) is 0 Å². The van der Waals surface area contributed by atoms with Gasteiger partial charge in [0, 0.05) is 43.9 Å². The van der Waals surface area contributed by atoms with Gasteiger partial charge in [0.25, 0.3) is 0 Å². The number of rotatable bonds is 2. The van der Waals surface area contributed by atoms with Gasteiger partial charge in [-0.1, -0.05) is 6.07 Å². The quantitative estimate of drug-likeness (QED) is 0.818. The normalized spacial score (nSPS) is 21.9. The molecule has 0 atom stereocenters. The van der Waals surface area contributed by atoms with E-state index in [4.69, 9.17) is 0 Å². The predicted molar refractivity (Wildman–Crippen MR) is 65.9 cm³/mol. The van der Waals surface area contributed by atoms with Crippen LogP contribution in [-0.4, -0.2) is 31.2 Å². The van der Waals surface area contributed by atoms with E-state index in [-0.39, 0.29) is 0 Å². The van der Waals surface area contributed by atoms with Crippen molar-refractivity contribution in [2.24, 2.45) is 0 Å². The average molecular weight is 217 g/mol. The van der Waals surface area contributed by atoms with Gasteiger partial charge in [0.2, 0.25) is 0 Å². The summed E-state index contributed by atoms with van der Waals surface area (Å²) in [5.41, 5.74) is 1.45. The first-order chi connectivity index (χ1) is 7.95. The zero-order valence-corrected chi connectivity index (χ0v) is 9.65. The number of aromatic nitrogens is 1. The first-order valence-corrected chi connectivity index (χ1v) is 6.36. The predicted octanol–water partition coefficient (Wildman–Crippen LogP) is 1.76. The van der Waals surface area contributed by atoms with E-state index in [1.54, 1.807) is 0 Å². The van der Waals surface area contributed by atoms with Crippen LogP contribution in [0, 0.1) is 0 Å². The molecule has 1 N–H and O–H groups in total. The monoisotopic (exact) mass is 217 g/mol. The maximum Gasteiger partial charge on any atom is 0.132 e. The lowest BCUT2D eigenvalue weighted by atomic mass is 9.93. The van der Waals surface area contributed by atoms with Crippen LogP contribution in [0.3, 0.4) is 0 Å². The molecule has 0 radical (unpaired) electrons. The van der Waals surface area contributed by atoms with Crippen LogP contribution in [-0.2, 0) is 0 Å². The van der Waals surface area contributed by atoms with Crippen LogP contribution >= 0.6 is 0 Å². The van der Waals surface area contributed by atoms with Crippen molar-refractivity contribution in [1.29, 1.82) is 0 Å². The third-order valence-electron chi connectivity index (χ3n) is 3.69. The number of nitrogens with zero attached hydrogens (tertiary/aromatic N) is 2. The third-order valence-corrected chi connectivity index (χ3v) is 3.69. The Balaban J connectivity index is 1.86. The summed E-state index contributed by atoms with van der Waals surface area (Å²) in [6.07, 6.45) is 5.95. The minimum Gasteiger partial charge on any atom is -0.356 e. The van der Waals surface area contributed by atoms with Gasteiger partial charge in [0.15, 0.2) is 0 Å². The molecule has 1 aromatic rings. The molecule has 3 rings (SSSR count). The van der Waals surface area contributed by atoms with E-state index in [1.165, 1.54) is 43.7 Å². The lowest BCUT2D eigenvalue weighted by Gasteiger charge is -2.34. The Morgan fingerprint density at radius 2 is 2.00 bits per heavy atom. The Morgan fingerprint density at radius 3 is 2.69 bits per heavy atom. The Morgan fingerprint density at radius 1 is 1.19 bits per heavy atom. The number of pyridine rings is 1. The van der Waals surface area contributed by atoms with Crippen molar-refractivity contribution in [2.75, 3.05) is 31.1 Å². The van der Waals surface area contributed by atoms with Crippen LogP contribution in [0.25, 0.3) is 0 Å². The molecule has 3 heteroatoms. The Hall–Kier alpha value is -1.09. The summed E-state index contributed by atoms with van der Waals surface area (Å²) in [6.45, 7) is 4.60. The van der Waals surface area contributed by atoms with Crippen LogP contribution in [0.4, 0.5) is 5.82 Å². The van der Waals surface area contributed by atoms with Crippen molar-refractivity contribution in [2.45, 2.75) is 25.2 Å². The molecule has 2 aliphatic heterocycles. The van der Waals surface area contributed by atoms with Gasteiger partial charge in [-0.15, -0.1) is 0 Å². The fourth-order valence-corrected chi connectivity index (χ4v) is 2.61. The van der Waals surface area contributed by atoms with Crippen LogP contribution in [0.15, 0.2) is 18.3 Å². The number of anilines is 1. The van der Waals surface area contributed by atoms with E-state index in [0.717, 1.165) is 13.1 Å². The van der Waals surface area contributed by atoms with Crippen molar-refractivity contribution >= 4 is 5.82 Å². The molecule has 3 nitrogen and oxygen atoms in total. The number of hydrogen-bond acceptors (Lipinski definition) is 3. The SMILES string of the molecule is c1cnc(N2CCCCC2)c(C2CNC2)c1.